The van der Waals surface area contributed by atoms with E-state index in [1.807, 2.05) is 55.5 Å². The van der Waals surface area contributed by atoms with E-state index in [4.69, 9.17) is 9.47 Å². The predicted molar refractivity (Wildman–Crippen MR) is 110 cm³/mol. The minimum Gasteiger partial charge on any atom is -0.497 e. The van der Waals surface area contributed by atoms with Crippen LogP contribution in [0.5, 0.6) is 11.5 Å². The Bertz CT molecular complexity index is 860. The average Bonchev–Trinajstić information content (AvgIpc) is 2.97. The number of hydrogen-bond acceptors (Lipinski definition) is 4. The summed E-state index contributed by atoms with van der Waals surface area (Å²) in [5.41, 5.74) is 0.712. The van der Waals surface area contributed by atoms with Crippen molar-refractivity contribution in [1.29, 1.82) is 0 Å². The second-order valence-electron chi connectivity index (χ2n) is 7.46. The van der Waals surface area contributed by atoms with Crippen LogP contribution in [0, 0.1) is 0 Å². The van der Waals surface area contributed by atoms with E-state index in [1.165, 1.54) is 5.84 Å². The van der Waals surface area contributed by atoms with Gasteiger partial charge in [0.1, 0.15) is 17.2 Å². The number of aliphatic hydroxyl groups is 1. The van der Waals surface area contributed by atoms with Crippen molar-refractivity contribution in [3.05, 3.63) is 54.1 Å². The molecule has 5 heteroatoms. The summed E-state index contributed by atoms with van der Waals surface area (Å²) in [6, 6.07) is 15.7. The van der Waals surface area contributed by atoms with Gasteiger partial charge in [-0.25, -0.2) is 0 Å². The highest BCUT2D eigenvalue weighted by molar-refractivity contribution is 5.97. The summed E-state index contributed by atoms with van der Waals surface area (Å²) in [5, 5.41) is 12.1. The first-order valence-corrected chi connectivity index (χ1v) is 10.1. The summed E-state index contributed by atoms with van der Waals surface area (Å²) in [5.74, 6) is 2.83. The third-order valence-electron chi connectivity index (χ3n) is 5.95. The molecule has 5 nitrogen and oxygen atoms in total. The molecule has 1 N–H and O–H groups in total. The van der Waals surface area contributed by atoms with Gasteiger partial charge >= 0.3 is 0 Å². The van der Waals surface area contributed by atoms with Crippen LogP contribution in [0.2, 0.25) is 0 Å². The molecule has 0 saturated carbocycles. The molecule has 0 aliphatic carbocycles. The first-order chi connectivity index (χ1) is 13.6. The molecule has 0 unspecified atom stereocenters. The summed E-state index contributed by atoms with van der Waals surface area (Å²) < 4.78 is 13.3. The van der Waals surface area contributed by atoms with E-state index in [1.54, 1.807) is 7.11 Å². The minimum atomic E-state index is -1.14. The van der Waals surface area contributed by atoms with Crippen LogP contribution >= 0.6 is 0 Å². The molecule has 2 heterocycles. The lowest BCUT2D eigenvalue weighted by molar-refractivity contribution is -0.574. The van der Waals surface area contributed by atoms with Gasteiger partial charge in [0.05, 0.1) is 20.3 Å². The quantitative estimate of drug-likeness (QED) is 0.802. The molecule has 0 saturated heterocycles. The number of nitrogens with zero attached hydrogens (tertiary/aromatic N) is 2. The highest BCUT2D eigenvalue weighted by atomic mass is 16.5. The maximum atomic E-state index is 12.1. The van der Waals surface area contributed by atoms with Gasteiger partial charge in [-0.2, -0.15) is 4.90 Å². The largest absolute Gasteiger partial charge is 0.497 e. The number of benzene rings is 2. The molecule has 4 rings (SSSR count). The fourth-order valence-corrected chi connectivity index (χ4v) is 4.51. The van der Waals surface area contributed by atoms with E-state index >= 15 is 0 Å². The van der Waals surface area contributed by atoms with Crippen LogP contribution in [0.25, 0.3) is 0 Å². The molecular formula is C23H29N2O3+. The van der Waals surface area contributed by atoms with Crippen LogP contribution in [-0.2, 0) is 5.72 Å². The Balaban J connectivity index is 1.80. The summed E-state index contributed by atoms with van der Waals surface area (Å²) in [6.45, 7) is 5.69. The molecule has 2 aromatic rings. The monoisotopic (exact) mass is 381 g/mol. The topological polar surface area (TPSA) is 44.9 Å². The molecule has 0 spiro atoms. The molecule has 28 heavy (non-hydrogen) atoms. The van der Waals surface area contributed by atoms with Crippen LogP contribution < -0.4 is 14.4 Å². The van der Waals surface area contributed by atoms with Gasteiger partial charge in [0, 0.05) is 12.0 Å². The highest BCUT2D eigenvalue weighted by Gasteiger charge is 2.59. The zero-order valence-corrected chi connectivity index (χ0v) is 16.9. The number of hydrogen-bond donors (Lipinski definition) is 1. The van der Waals surface area contributed by atoms with Crippen molar-refractivity contribution in [2.45, 2.75) is 44.9 Å². The molecule has 2 atom stereocenters. The van der Waals surface area contributed by atoms with Crippen molar-refractivity contribution in [3.63, 3.8) is 0 Å². The van der Waals surface area contributed by atoms with E-state index in [0.717, 1.165) is 48.6 Å². The Hall–Kier alpha value is -2.53. The van der Waals surface area contributed by atoms with Crippen molar-refractivity contribution in [2.24, 2.45) is 0 Å². The van der Waals surface area contributed by atoms with E-state index < -0.39 is 5.72 Å². The number of rotatable bonds is 5. The molecule has 0 fully saturated rings. The Kier molecular flexibility index (Phi) is 5.02. The molecule has 0 aromatic heterocycles. The van der Waals surface area contributed by atoms with Gasteiger partial charge in [-0.1, -0.05) is 0 Å². The Morgan fingerprint density at radius 2 is 1.75 bits per heavy atom. The van der Waals surface area contributed by atoms with Crippen molar-refractivity contribution in [3.8, 4) is 11.5 Å². The SMILES string of the molecule is CCOc1ccc([C@@]2(O)[C@@H](C)[N+]3=C(CCCC3)N2c2ccc(OC)cc2)cc1. The first-order valence-electron chi connectivity index (χ1n) is 10.1. The minimum absolute atomic E-state index is 0.0529. The van der Waals surface area contributed by atoms with Gasteiger partial charge < -0.3 is 14.6 Å². The molecule has 2 aliphatic rings. The van der Waals surface area contributed by atoms with Crippen molar-refractivity contribution >= 4 is 11.5 Å². The maximum Gasteiger partial charge on any atom is 0.278 e. The molecule has 0 radical (unpaired) electrons. The standard InChI is InChI=1S/C23H29N2O3/c1-4-28-21-12-8-18(9-13-21)23(26)17(2)24-16-6-5-7-22(24)25(23)19-10-14-20(27-3)15-11-19/h8-15,17,26H,4-7,16H2,1-3H3/q+1/t17-,23+/m1/s1. The second kappa shape index (κ2) is 7.47. The average molecular weight is 381 g/mol. The van der Waals surface area contributed by atoms with Gasteiger partial charge in [-0.15, -0.1) is 0 Å². The molecule has 2 aliphatic heterocycles. The van der Waals surface area contributed by atoms with Crippen LogP contribution in [-0.4, -0.2) is 41.8 Å². The molecule has 2 aromatic carbocycles. The lowest BCUT2D eigenvalue weighted by Gasteiger charge is -2.31. The van der Waals surface area contributed by atoms with Gasteiger partial charge in [-0.05, 0) is 75.2 Å². The van der Waals surface area contributed by atoms with Gasteiger partial charge in [-0.3, -0.25) is 4.58 Å². The number of anilines is 1. The smallest absolute Gasteiger partial charge is 0.278 e. The van der Waals surface area contributed by atoms with Gasteiger partial charge in [0.2, 0.25) is 0 Å². The summed E-state index contributed by atoms with van der Waals surface area (Å²) in [7, 11) is 1.67. The fraction of sp³-hybridized carbons (Fsp3) is 0.435. The van der Waals surface area contributed by atoms with Crippen LogP contribution in [0.1, 0.15) is 38.7 Å². The van der Waals surface area contributed by atoms with E-state index in [2.05, 4.69) is 16.4 Å². The first kappa shape index (κ1) is 18.8. The predicted octanol–water partition coefficient (Wildman–Crippen LogP) is 3.74. The number of methoxy groups -OCH3 is 1. The Morgan fingerprint density at radius 1 is 1.07 bits per heavy atom. The van der Waals surface area contributed by atoms with Crippen molar-refractivity contribution in [1.82, 2.24) is 0 Å². The van der Waals surface area contributed by atoms with Crippen molar-refractivity contribution < 1.29 is 19.2 Å². The van der Waals surface area contributed by atoms with E-state index in [-0.39, 0.29) is 6.04 Å². The second-order valence-corrected chi connectivity index (χ2v) is 7.46. The van der Waals surface area contributed by atoms with Crippen LogP contribution in [0.15, 0.2) is 48.5 Å². The lowest BCUT2D eigenvalue weighted by atomic mass is 9.94. The van der Waals surface area contributed by atoms with Crippen LogP contribution in [0.3, 0.4) is 0 Å². The normalized spacial score (nSPS) is 24.3. The highest BCUT2D eigenvalue weighted by Crippen LogP contribution is 2.42. The Labute approximate surface area is 166 Å². The van der Waals surface area contributed by atoms with Gasteiger partial charge in [0.15, 0.2) is 6.04 Å². The van der Waals surface area contributed by atoms with Gasteiger partial charge in [0.25, 0.3) is 11.6 Å². The molecule has 148 valence electrons. The molecular weight excluding hydrogens is 352 g/mol. The zero-order valence-electron chi connectivity index (χ0n) is 16.9. The number of amidine groups is 1. The lowest BCUT2D eigenvalue weighted by Crippen LogP contribution is -2.50. The Morgan fingerprint density at radius 3 is 2.39 bits per heavy atom. The van der Waals surface area contributed by atoms with E-state index in [0.29, 0.717) is 6.61 Å². The summed E-state index contributed by atoms with van der Waals surface area (Å²) in [4.78, 5) is 2.12. The van der Waals surface area contributed by atoms with Crippen LogP contribution in [0.4, 0.5) is 5.69 Å². The maximum absolute atomic E-state index is 12.1. The van der Waals surface area contributed by atoms with Crippen molar-refractivity contribution in [2.75, 3.05) is 25.2 Å². The summed E-state index contributed by atoms with van der Waals surface area (Å²) in [6.07, 6.45) is 3.27. The number of ether oxygens (including phenoxy) is 2. The third-order valence-corrected chi connectivity index (χ3v) is 5.95. The van der Waals surface area contributed by atoms with E-state index in [9.17, 15) is 5.11 Å². The third kappa shape index (κ3) is 2.94. The molecule has 0 amide bonds. The summed E-state index contributed by atoms with van der Waals surface area (Å²) >= 11 is 0. The zero-order chi connectivity index (χ0) is 19.7. The molecule has 0 bridgehead atoms. The fourth-order valence-electron chi connectivity index (χ4n) is 4.51.